The molecule has 0 bridgehead atoms. The van der Waals surface area contributed by atoms with E-state index in [1.54, 1.807) is 6.07 Å². The summed E-state index contributed by atoms with van der Waals surface area (Å²) in [5, 5.41) is 0. The van der Waals surface area contributed by atoms with E-state index in [0.29, 0.717) is 12.0 Å². The molecule has 151 valence electrons. The van der Waals surface area contributed by atoms with E-state index in [2.05, 4.69) is 11.7 Å². The predicted molar refractivity (Wildman–Crippen MR) is 101 cm³/mol. The predicted octanol–water partition coefficient (Wildman–Crippen LogP) is 7.31. The van der Waals surface area contributed by atoms with Crippen LogP contribution in [-0.4, -0.2) is 15.2 Å². The quantitative estimate of drug-likeness (QED) is 0.369. The monoisotopic (exact) mass is 413 g/mol. The Hall–Kier alpha value is -1.89. The Morgan fingerprint density at radius 3 is 2.11 bits per heavy atom. The molecule has 0 atom stereocenters. The number of hydrogen-bond donors (Lipinski definition) is 0. The summed E-state index contributed by atoms with van der Waals surface area (Å²) in [6, 6.07) is 11.3. The Kier molecular flexibility index (Phi) is 6.42. The summed E-state index contributed by atoms with van der Waals surface area (Å²) in [5.74, 6) is -1.87. The first-order chi connectivity index (χ1) is 13.3. The second kappa shape index (κ2) is 8.63. The van der Waals surface area contributed by atoms with Crippen LogP contribution in [-0.2, 0) is 0 Å². The Bertz CT molecular complexity index is 813. The van der Waals surface area contributed by atoms with Gasteiger partial charge in [0.05, 0.1) is 0 Å². The summed E-state index contributed by atoms with van der Waals surface area (Å²) < 4.78 is 69.4. The average Bonchev–Trinajstić information content (AvgIpc) is 2.62. The molecule has 0 N–H and O–H groups in total. The molecule has 1 aliphatic heterocycles. The Morgan fingerprint density at radius 2 is 1.57 bits per heavy atom. The second-order valence-corrected chi connectivity index (χ2v) is 10.2. The van der Waals surface area contributed by atoms with E-state index in [0.717, 1.165) is 30.5 Å². The zero-order chi connectivity index (χ0) is 20.3. The van der Waals surface area contributed by atoms with Crippen LogP contribution in [0.2, 0.25) is 18.1 Å². The molecule has 3 rings (SSSR count). The van der Waals surface area contributed by atoms with Crippen molar-refractivity contribution in [3.8, 4) is 16.9 Å². The minimum atomic E-state index is -4.90. The Balaban J connectivity index is 1.76. The van der Waals surface area contributed by atoms with Crippen LogP contribution in [0.4, 0.5) is 22.0 Å². The molecule has 1 nitrogen and oxygen atoms in total. The van der Waals surface area contributed by atoms with Crippen molar-refractivity contribution >= 4 is 8.80 Å². The Morgan fingerprint density at radius 1 is 0.964 bits per heavy atom. The van der Waals surface area contributed by atoms with Crippen LogP contribution < -0.4 is 4.74 Å². The summed E-state index contributed by atoms with van der Waals surface area (Å²) in [6.07, 6.45) is -1.56. The lowest BCUT2D eigenvalue weighted by atomic mass is 9.91. The fourth-order valence-corrected chi connectivity index (χ4v) is 6.85. The highest BCUT2D eigenvalue weighted by Gasteiger charge is 2.31. The van der Waals surface area contributed by atoms with E-state index in [1.807, 2.05) is 0 Å². The lowest BCUT2D eigenvalue weighted by Crippen LogP contribution is -2.20. The van der Waals surface area contributed by atoms with E-state index < -0.39 is 23.7 Å². The third-order valence-corrected chi connectivity index (χ3v) is 8.42. The number of hydrogen-bond acceptors (Lipinski definition) is 1. The van der Waals surface area contributed by atoms with E-state index in [-0.39, 0.29) is 19.9 Å². The van der Waals surface area contributed by atoms with Crippen molar-refractivity contribution in [1.82, 2.24) is 0 Å². The summed E-state index contributed by atoms with van der Waals surface area (Å²) in [7, 11) is -0.257. The molecule has 0 saturated carbocycles. The highest BCUT2D eigenvalue weighted by molar-refractivity contribution is 6.59. The van der Waals surface area contributed by atoms with Crippen LogP contribution in [0, 0.1) is 11.6 Å². The fraction of sp³-hybridized carbons (Fsp3) is 0.429. The first-order valence-electron chi connectivity index (χ1n) is 9.45. The fourth-order valence-electron chi connectivity index (χ4n) is 3.88. The van der Waals surface area contributed by atoms with Gasteiger partial charge in [0, 0.05) is 26.0 Å². The van der Waals surface area contributed by atoms with Gasteiger partial charge in [0.15, 0.2) is 0 Å². The van der Waals surface area contributed by atoms with Gasteiger partial charge in [0.2, 0.25) is 0 Å². The molecule has 0 aliphatic carbocycles. The molecule has 0 spiro atoms. The van der Waals surface area contributed by atoms with E-state index in [1.165, 1.54) is 36.7 Å². The van der Waals surface area contributed by atoms with Crippen LogP contribution >= 0.6 is 0 Å². The van der Waals surface area contributed by atoms with Crippen LogP contribution in [0.25, 0.3) is 11.1 Å². The highest BCUT2D eigenvalue weighted by atomic mass is 28.3. The molecule has 1 heterocycles. The molecule has 0 aromatic heterocycles. The van der Waals surface area contributed by atoms with Crippen LogP contribution in [0.15, 0.2) is 36.4 Å². The van der Waals surface area contributed by atoms with Gasteiger partial charge in [-0.1, -0.05) is 43.6 Å². The number of ether oxygens (including phenoxy) is 1. The molecule has 7 heteroatoms. The summed E-state index contributed by atoms with van der Waals surface area (Å²) in [5.41, 5.74) is 0.859. The Labute approximate surface area is 163 Å². The molecular formula is C21H22F5OSi. The van der Waals surface area contributed by atoms with Gasteiger partial charge in [-0.25, -0.2) is 8.78 Å². The lowest BCUT2D eigenvalue weighted by molar-refractivity contribution is -0.274. The molecule has 2 aromatic rings. The van der Waals surface area contributed by atoms with E-state index in [4.69, 9.17) is 0 Å². The van der Waals surface area contributed by atoms with E-state index >= 15 is 0 Å². The highest BCUT2D eigenvalue weighted by Crippen LogP contribution is 2.37. The lowest BCUT2D eigenvalue weighted by Gasteiger charge is -2.27. The van der Waals surface area contributed by atoms with Gasteiger partial charge in [-0.15, -0.1) is 13.2 Å². The number of rotatable bonds is 5. The summed E-state index contributed by atoms with van der Waals surface area (Å²) in [6.45, 7) is 2.21. The van der Waals surface area contributed by atoms with Gasteiger partial charge < -0.3 is 4.74 Å². The van der Waals surface area contributed by atoms with Crippen molar-refractivity contribution in [3.05, 3.63) is 53.6 Å². The number of alkyl halides is 3. The second-order valence-electron chi connectivity index (χ2n) is 7.20. The number of halogens is 5. The maximum Gasteiger partial charge on any atom is 0.573 e. The third kappa shape index (κ3) is 5.13. The normalized spacial score (nSPS) is 16.4. The van der Waals surface area contributed by atoms with Crippen LogP contribution in [0.5, 0.6) is 5.75 Å². The molecule has 1 radical (unpaired) electrons. The van der Waals surface area contributed by atoms with Gasteiger partial charge in [-0.3, -0.25) is 0 Å². The molecular weight excluding hydrogens is 391 g/mol. The topological polar surface area (TPSA) is 9.23 Å². The van der Waals surface area contributed by atoms with Crippen molar-refractivity contribution in [2.24, 2.45) is 0 Å². The first-order valence-corrected chi connectivity index (χ1v) is 11.6. The summed E-state index contributed by atoms with van der Waals surface area (Å²) >= 11 is 0. The van der Waals surface area contributed by atoms with Crippen LogP contribution in [0.3, 0.4) is 0 Å². The van der Waals surface area contributed by atoms with E-state index in [9.17, 15) is 22.0 Å². The molecule has 1 aliphatic rings. The molecule has 28 heavy (non-hydrogen) atoms. The van der Waals surface area contributed by atoms with Crippen molar-refractivity contribution < 1.29 is 26.7 Å². The standard InChI is InChI=1S/C21H22F5OSi/c1-2-9-28-10-7-14(8-11-28)15-3-5-17(19(22)12-15)18-6-4-16(13-20(18)23)27-21(24,25)26/h3-6,12-14H,2,7-11H2,1H3. The van der Waals surface area contributed by atoms with Crippen molar-refractivity contribution in [2.45, 2.75) is 56.6 Å². The molecule has 2 aromatic carbocycles. The minimum Gasteiger partial charge on any atom is -0.406 e. The van der Waals surface area contributed by atoms with Gasteiger partial charge >= 0.3 is 6.36 Å². The largest absolute Gasteiger partial charge is 0.573 e. The zero-order valence-corrected chi connectivity index (χ0v) is 16.6. The molecule has 1 fully saturated rings. The smallest absolute Gasteiger partial charge is 0.406 e. The van der Waals surface area contributed by atoms with Gasteiger partial charge in [-0.05, 0) is 42.5 Å². The molecule has 0 amide bonds. The number of benzene rings is 2. The maximum absolute atomic E-state index is 14.7. The van der Waals surface area contributed by atoms with Gasteiger partial charge in [-0.2, -0.15) is 0 Å². The average molecular weight is 413 g/mol. The van der Waals surface area contributed by atoms with Gasteiger partial charge in [0.25, 0.3) is 0 Å². The summed E-state index contributed by atoms with van der Waals surface area (Å²) in [4.78, 5) is 0. The van der Waals surface area contributed by atoms with Crippen molar-refractivity contribution in [3.63, 3.8) is 0 Å². The first kappa shape index (κ1) is 20.8. The third-order valence-electron chi connectivity index (χ3n) is 5.23. The zero-order valence-electron chi connectivity index (χ0n) is 15.6. The van der Waals surface area contributed by atoms with Gasteiger partial charge in [0.1, 0.15) is 17.4 Å². The molecule has 1 saturated heterocycles. The SMILES string of the molecule is CCC[Si]1CCC(c2ccc(-c3ccc(OC(F)(F)F)cc3F)c(F)c2)CC1. The van der Waals surface area contributed by atoms with Crippen molar-refractivity contribution in [2.75, 3.05) is 0 Å². The molecule has 0 unspecified atom stereocenters. The van der Waals surface area contributed by atoms with Crippen LogP contribution in [0.1, 0.15) is 37.7 Å². The maximum atomic E-state index is 14.7. The minimum absolute atomic E-state index is 0.0337. The van der Waals surface area contributed by atoms with Crippen molar-refractivity contribution in [1.29, 1.82) is 0 Å².